The van der Waals surface area contributed by atoms with E-state index >= 15 is 0 Å². The lowest BCUT2D eigenvalue weighted by atomic mass is 10.3. The first kappa shape index (κ1) is 14.1. The Balaban J connectivity index is 3.08. The molecule has 0 saturated heterocycles. The van der Waals surface area contributed by atoms with E-state index in [0.717, 1.165) is 12.8 Å². The Morgan fingerprint density at radius 3 is 2.67 bits per heavy atom. The third-order valence-corrected chi connectivity index (χ3v) is 2.23. The SMILES string of the molecule is CCCCOc1nc(C)nc(NCC)c1[N+](=O)[O-]. The molecule has 1 aromatic heterocycles. The fourth-order valence-electron chi connectivity index (χ4n) is 1.41. The lowest BCUT2D eigenvalue weighted by Crippen LogP contribution is -2.10. The highest BCUT2D eigenvalue weighted by Gasteiger charge is 2.25. The maximum absolute atomic E-state index is 11.1. The van der Waals surface area contributed by atoms with Crippen LogP contribution in [0.2, 0.25) is 0 Å². The van der Waals surface area contributed by atoms with E-state index in [0.29, 0.717) is 19.0 Å². The van der Waals surface area contributed by atoms with Gasteiger partial charge in [-0.25, -0.2) is 4.98 Å². The number of ether oxygens (including phenoxy) is 1. The van der Waals surface area contributed by atoms with Crippen molar-refractivity contribution < 1.29 is 9.66 Å². The van der Waals surface area contributed by atoms with Crippen LogP contribution < -0.4 is 10.1 Å². The molecule has 0 aromatic carbocycles. The third-order valence-electron chi connectivity index (χ3n) is 2.23. The monoisotopic (exact) mass is 254 g/mol. The van der Waals surface area contributed by atoms with Gasteiger partial charge in [-0.1, -0.05) is 13.3 Å². The molecule has 0 spiro atoms. The largest absolute Gasteiger partial charge is 0.473 e. The van der Waals surface area contributed by atoms with Gasteiger partial charge in [-0.2, -0.15) is 4.98 Å². The number of nitrogens with zero attached hydrogens (tertiary/aromatic N) is 3. The fraction of sp³-hybridized carbons (Fsp3) is 0.636. The Hall–Kier alpha value is -1.92. The minimum atomic E-state index is -0.515. The molecule has 0 unspecified atom stereocenters. The molecule has 0 fully saturated rings. The molecule has 0 aliphatic rings. The Morgan fingerprint density at radius 1 is 1.39 bits per heavy atom. The van der Waals surface area contributed by atoms with Crippen LogP contribution in [-0.4, -0.2) is 28.0 Å². The molecule has 0 amide bonds. The van der Waals surface area contributed by atoms with E-state index < -0.39 is 4.92 Å². The van der Waals surface area contributed by atoms with Crippen LogP contribution in [0.5, 0.6) is 5.88 Å². The van der Waals surface area contributed by atoms with E-state index in [4.69, 9.17) is 4.74 Å². The van der Waals surface area contributed by atoms with Crippen LogP contribution in [-0.2, 0) is 0 Å². The maximum Gasteiger partial charge on any atom is 0.372 e. The van der Waals surface area contributed by atoms with Gasteiger partial charge in [0.05, 0.1) is 11.5 Å². The standard InChI is InChI=1S/C11H18N4O3/c1-4-6-7-18-11-9(15(16)17)10(12-5-2)13-8(3)14-11/h4-7H2,1-3H3,(H,12,13,14). The van der Waals surface area contributed by atoms with Crippen molar-refractivity contribution in [3.05, 3.63) is 15.9 Å². The normalized spacial score (nSPS) is 10.2. The Morgan fingerprint density at radius 2 is 2.11 bits per heavy atom. The molecule has 7 heteroatoms. The van der Waals surface area contributed by atoms with E-state index in [1.54, 1.807) is 6.92 Å². The van der Waals surface area contributed by atoms with Crippen LogP contribution >= 0.6 is 0 Å². The third kappa shape index (κ3) is 3.54. The molecule has 18 heavy (non-hydrogen) atoms. The highest BCUT2D eigenvalue weighted by atomic mass is 16.6. The van der Waals surface area contributed by atoms with Gasteiger partial charge < -0.3 is 10.1 Å². The van der Waals surface area contributed by atoms with Crippen molar-refractivity contribution in [1.29, 1.82) is 0 Å². The zero-order valence-corrected chi connectivity index (χ0v) is 10.9. The van der Waals surface area contributed by atoms with Crippen LogP contribution in [0.1, 0.15) is 32.5 Å². The first-order valence-electron chi connectivity index (χ1n) is 5.99. The van der Waals surface area contributed by atoms with Gasteiger partial charge >= 0.3 is 5.69 Å². The second-order valence-corrected chi connectivity index (χ2v) is 3.76. The van der Waals surface area contributed by atoms with E-state index in [9.17, 15) is 10.1 Å². The van der Waals surface area contributed by atoms with Crippen molar-refractivity contribution in [3.8, 4) is 5.88 Å². The predicted octanol–water partition coefficient (Wildman–Crippen LogP) is 2.30. The molecule has 1 aromatic rings. The van der Waals surface area contributed by atoms with Crippen molar-refractivity contribution >= 4 is 11.5 Å². The van der Waals surface area contributed by atoms with Crippen molar-refractivity contribution in [2.24, 2.45) is 0 Å². The molecule has 1 heterocycles. The quantitative estimate of drug-likeness (QED) is 0.456. The molecule has 0 aliphatic heterocycles. The molecule has 1 N–H and O–H groups in total. The summed E-state index contributed by atoms with van der Waals surface area (Å²) in [5.74, 6) is 0.696. The summed E-state index contributed by atoms with van der Waals surface area (Å²) in [6, 6.07) is 0. The number of anilines is 1. The number of unbranched alkanes of at least 4 members (excludes halogenated alkanes) is 1. The minimum absolute atomic E-state index is 0.0388. The van der Waals surface area contributed by atoms with Crippen molar-refractivity contribution in [3.63, 3.8) is 0 Å². The van der Waals surface area contributed by atoms with Gasteiger partial charge in [-0.3, -0.25) is 10.1 Å². The molecule has 0 aliphatic carbocycles. The number of hydrogen-bond acceptors (Lipinski definition) is 6. The molecule has 0 saturated carbocycles. The van der Waals surface area contributed by atoms with Gasteiger partial charge in [0.2, 0.25) is 5.82 Å². The summed E-state index contributed by atoms with van der Waals surface area (Å²) < 4.78 is 5.37. The lowest BCUT2D eigenvalue weighted by Gasteiger charge is -2.09. The number of aryl methyl sites for hydroxylation is 1. The fourth-order valence-corrected chi connectivity index (χ4v) is 1.41. The Kier molecular flexibility index (Phi) is 5.29. The highest BCUT2D eigenvalue weighted by Crippen LogP contribution is 2.31. The van der Waals surface area contributed by atoms with Gasteiger partial charge in [-0.05, 0) is 20.3 Å². The van der Waals surface area contributed by atoms with E-state index in [-0.39, 0.29) is 17.4 Å². The topological polar surface area (TPSA) is 90.2 Å². The van der Waals surface area contributed by atoms with Gasteiger partial charge in [0.15, 0.2) is 0 Å². The summed E-state index contributed by atoms with van der Waals surface area (Å²) in [6.07, 6.45) is 1.79. The maximum atomic E-state index is 11.1. The number of rotatable bonds is 7. The van der Waals surface area contributed by atoms with Crippen LogP contribution in [0.3, 0.4) is 0 Å². The summed E-state index contributed by atoms with van der Waals surface area (Å²) in [6.45, 7) is 6.51. The molecular weight excluding hydrogens is 236 g/mol. The molecule has 0 radical (unpaired) electrons. The van der Waals surface area contributed by atoms with E-state index in [1.807, 2.05) is 13.8 Å². The van der Waals surface area contributed by atoms with Crippen molar-refractivity contribution in [2.75, 3.05) is 18.5 Å². The van der Waals surface area contributed by atoms with Gasteiger partial charge in [0, 0.05) is 6.54 Å². The van der Waals surface area contributed by atoms with Crippen LogP contribution in [0.25, 0.3) is 0 Å². The first-order valence-corrected chi connectivity index (χ1v) is 5.99. The van der Waals surface area contributed by atoms with E-state index in [1.165, 1.54) is 0 Å². The zero-order valence-electron chi connectivity index (χ0n) is 10.9. The Labute approximate surface area is 106 Å². The number of hydrogen-bond donors (Lipinski definition) is 1. The summed E-state index contributed by atoms with van der Waals surface area (Å²) >= 11 is 0. The molecule has 0 bridgehead atoms. The summed E-state index contributed by atoms with van der Waals surface area (Å²) in [5.41, 5.74) is -0.196. The summed E-state index contributed by atoms with van der Waals surface area (Å²) in [7, 11) is 0. The number of nitro groups is 1. The highest BCUT2D eigenvalue weighted by molar-refractivity contribution is 5.61. The van der Waals surface area contributed by atoms with Crippen LogP contribution in [0, 0.1) is 17.0 Å². The van der Waals surface area contributed by atoms with Crippen molar-refractivity contribution in [1.82, 2.24) is 9.97 Å². The lowest BCUT2D eigenvalue weighted by molar-refractivity contribution is -0.385. The van der Waals surface area contributed by atoms with Gasteiger partial charge in [-0.15, -0.1) is 0 Å². The predicted molar refractivity (Wildman–Crippen MR) is 68.0 cm³/mol. The summed E-state index contributed by atoms with van der Waals surface area (Å²) in [5, 5.41) is 13.9. The Bertz CT molecular complexity index is 423. The van der Waals surface area contributed by atoms with Crippen molar-refractivity contribution in [2.45, 2.75) is 33.6 Å². The number of aromatic nitrogens is 2. The molecule has 100 valence electrons. The minimum Gasteiger partial charge on any atom is -0.473 e. The van der Waals surface area contributed by atoms with Gasteiger partial charge in [0.25, 0.3) is 5.88 Å². The second kappa shape index (κ2) is 6.73. The second-order valence-electron chi connectivity index (χ2n) is 3.76. The molecule has 0 atom stereocenters. The average Bonchev–Trinajstić information content (AvgIpc) is 2.28. The smallest absolute Gasteiger partial charge is 0.372 e. The average molecular weight is 254 g/mol. The summed E-state index contributed by atoms with van der Waals surface area (Å²) in [4.78, 5) is 18.6. The first-order chi connectivity index (χ1) is 8.60. The van der Waals surface area contributed by atoms with Gasteiger partial charge in [0.1, 0.15) is 5.82 Å². The molecule has 1 rings (SSSR count). The molecule has 7 nitrogen and oxygen atoms in total. The molecular formula is C11H18N4O3. The van der Waals surface area contributed by atoms with Crippen LogP contribution in [0.4, 0.5) is 11.5 Å². The van der Waals surface area contributed by atoms with E-state index in [2.05, 4.69) is 15.3 Å². The van der Waals surface area contributed by atoms with Crippen LogP contribution in [0.15, 0.2) is 0 Å². The zero-order chi connectivity index (χ0) is 13.5. The number of nitrogens with one attached hydrogen (secondary N) is 1.